The molecule has 9 heteroatoms. The van der Waals surface area contributed by atoms with Crippen molar-refractivity contribution in [2.45, 2.75) is 19.9 Å². The molecule has 0 fully saturated rings. The smallest absolute Gasteiger partial charge is 0.410 e. The number of hydrogen-bond donors (Lipinski definition) is 1. The minimum atomic E-state index is -0.468. The van der Waals surface area contributed by atoms with E-state index in [1.807, 2.05) is 0 Å². The van der Waals surface area contributed by atoms with Gasteiger partial charge in [0.25, 0.3) is 5.91 Å². The number of rotatable bonds is 3. The number of nitrogens with zero attached hydrogens (tertiary/aromatic N) is 3. The third kappa shape index (κ3) is 2.96. The number of amides is 2. The van der Waals surface area contributed by atoms with Crippen LogP contribution in [-0.4, -0.2) is 35.2 Å². The minimum absolute atomic E-state index is 0.0680. The van der Waals surface area contributed by atoms with Crippen molar-refractivity contribution in [1.29, 1.82) is 5.26 Å². The Bertz CT molecular complexity index is 806. The summed E-state index contributed by atoms with van der Waals surface area (Å²) in [7, 11) is 0. The van der Waals surface area contributed by atoms with E-state index >= 15 is 0 Å². The van der Waals surface area contributed by atoms with Gasteiger partial charge in [0.15, 0.2) is 0 Å². The number of aromatic nitrogens is 1. The van der Waals surface area contributed by atoms with E-state index in [9.17, 15) is 14.9 Å². The van der Waals surface area contributed by atoms with Crippen LogP contribution in [0, 0.1) is 11.3 Å². The number of carbonyl (C=O) groups excluding carboxylic acids is 2. The fourth-order valence-corrected chi connectivity index (χ4v) is 3.69. The van der Waals surface area contributed by atoms with Crippen molar-refractivity contribution in [1.82, 2.24) is 10.1 Å². The van der Waals surface area contributed by atoms with E-state index in [2.05, 4.69) is 16.5 Å². The van der Waals surface area contributed by atoms with Crippen molar-refractivity contribution in [3.8, 4) is 6.07 Å². The number of anilines is 1. The van der Waals surface area contributed by atoms with Crippen molar-refractivity contribution in [3.63, 3.8) is 0 Å². The monoisotopic (exact) mass is 346 g/mol. The molecule has 0 saturated heterocycles. The molecule has 2 amide bonds. The number of thiophene rings is 1. The van der Waals surface area contributed by atoms with E-state index in [0.717, 1.165) is 10.4 Å². The first-order valence-electron chi connectivity index (χ1n) is 7.32. The van der Waals surface area contributed by atoms with E-state index in [0.29, 0.717) is 36.7 Å². The van der Waals surface area contributed by atoms with Gasteiger partial charge >= 0.3 is 6.09 Å². The van der Waals surface area contributed by atoms with Crippen molar-refractivity contribution >= 4 is 28.3 Å². The second-order valence-corrected chi connectivity index (χ2v) is 6.13. The highest BCUT2D eigenvalue weighted by molar-refractivity contribution is 7.16. The Morgan fingerprint density at radius 3 is 3.08 bits per heavy atom. The Kier molecular flexibility index (Phi) is 4.48. The topological polar surface area (TPSA) is 108 Å². The van der Waals surface area contributed by atoms with Crippen LogP contribution in [0.15, 0.2) is 16.8 Å². The van der Waals surface area contributed by atoms with Crippen molar-refractivity contribution in [3.05, 3.63) is 34.0 Å². The van der Waals surface area contributed by atoms with Gasteiger partial charge < -0.3 is 19.5 Å². The van der Waals surface area contributed by atoms with Gasteiger partial charge in [-0.15, -0.1) is 11.3 Å². The minimum Gasteiger partial charge on any atom is -0.450 e. The Morgan fingerprint density at radius 2 is 2.42 bits per heavy atom. The van der Waals surface area contributed by atoms with Crippen LogP contribution in [-0.2, 0) is 17.7 Å². The maximum Gasteiger partial charge on any atom is 0.410 e. The summed E-state index contributed by atoms with van der Waals surface area (Å²) in [5, 5.41) is 16.0. The first-order valence-corrected chi connectivity index (χ1v) is 8.14. The average molecular weight is 346 g/mol. The van der Waals surface area contributed by atoms with Crippen molar-refractivity contribution in [2.75, 3.05) is 18.5 Å². The van der Waals surface area contributed by atoms with Crippen LogP contribution in [0.25, 0.3) is 0 Å². The van der Waals surface area contributed by atoms with Gasteiger partial charge in [0.1, 0.15) is 11.1 Å². The number of nitrogens with one attached hydrogen (secondary N) is 1. The highest BCUT2D eigenvalue weighted by Crippen LogP contribution is 2.37. The largest absolute Gasteiger partial charge is 0.450 e. The van der Waals surface area contributed by atoms with Gasteiger partial charge in [-0.2, -0.15) is 5.26 Å². The zero-order valence-corrected chi connectivity index (χ0v) is 13.7. The van der Waals surface area contributed by atoms with E-state index in [1.54, 1.807) is 11.8 Å². The number of fused-ring (bicyclic) bond motifs is 1. The van der Waals surface area contributed by atoms with Crippen LogP contribution in [0.3, 0.4) is 0 Å². The fraction of sp³-hybridized carbons (Fsp3) is 0.333. The molecule has 24 heavy (non-hydrogen) atoms. The van der Waals surface area contributed by atoms with Gasteiger partial charge in [0.2, 0.25) is 5.76 Å². The number of carbonyl (C=O) groups is 2. The standard InChI is InChI=1S/C15H14N4O4S/c1-2-22-15(21)19-6-4-9-10(7-16)14(24-12(9)8-19)18-13(20)11-3-5-17-23-11/h3,5H,2,4,6,8H2,1H3,(H,18,20). The first kappa shape index (κ1) is 16.0. The predicted molar refractivity (Wildman–Crippen MR) is 84.6 cm³/mol. The number of nitriles is 1. The molecular formula is C15H14N4O4S. The van der Waals surface area contributed by atoms with Crippen molar-refractivity contribution in [2.24, 2.45) is 0 Å². The lowest BCUT2D eigenvalue weighted by atomic mass is 10.0. The van der Waals surface area contributed by atoms with Gasteiger partial charge in [0, 0.05) is 17.5 Å². The van der Waals surface area contributed by atoms with Crippen LogP contribution < -0.4 is 5.32 Å². The number of ether oxygens (including phenoxy) is 1. The van der Waals surface area contributed by atoms with Gasteiger partial charge in [-0.05, 0) is 18.9 Å². The second kappa shape index (κ2) is 6.72. The average Bonchev–Trinajstić information content (AvgIpc) is 3.21. The molecule has 0 radical (unpaired) electrons. The quantitative estimate of drug-likeness (QED) is 0.914. The predicted octanol–water partition coefficient (Wildman–Crippen LogP) is 2.37. The molecule has 0 spiro atoms. The summed E-state index contributed by atoms with van der Waals surface area (Å²) in [5.74, 6) is -0.400. The molecule has 8 nitrogen and oxygen atoms in total. The van der Waals surface area contributed by atoms with E-state index < -0.39 is 5.91 Å². The molecule has 1 aliphatic rings. The molecule has 3 heterocycles. The first-order chi connectivity index (χ1) is 11.6. The van der Waals surface area contributed by atoms with E-state index in [4.69, 9.17) is 9.26 Å². The molecule has 124 valence electrons. The highest BCUT2D eigenvalue weighted by atomic mass is 32.1. The Hall–Kier alpha value is -2.86. The van der Waals surface area contributed by atoms with Gasteiger partial charge in [-0.1, -0.05) is 5.16 Å². The van der Waals surface area contributed by atoms with Crippen LogP contribution >= 0.6 is 11.3 Å². The zero-order valence-electron chi connectivity index (χ0n) is 12.9. The van der Waals surface area contributed by atoms with Crippen molar-refractivity contribution < 1.29 is 18.8 Å². The Morgan fingerprint density at radius 1 is 1.58 bits per heavy atom. The second-order valence-electron chi connectivity index (χ2n) is 5.02. The summed E-state index contributed by atoms with van der Waals surface area (Å²) >= 11 is 1.29. The molecule has 2 aromatic heterocycles. The summed E-state index contributed by atoms with van der Waals surface area (Å²) in [6, 6.07) is 3.58. The van der Waals surface area contributed by atoms with Crippen LogP contribution in [0.2, 0.25) is 0 Å². The summed E-state index contributed by atoms with van der Waals surface area (Å²) in [6.45, 7) is 2.91. The molecule has 0 unspecified atom stereocenters. The molecule has 1 N–H and O–H groups in total. The molecule has 0 saturated carbocycles. The molecule has 1 aliphatic heterocycles. The lowest BCUT2D eigenvalue weighted by Gasteiger charge is -2.25. The number of hydrogen-bond acceptors (Lipinski definition) is 7. The lowest BCUT2D eigenvalue weighted by molar-refractivity contribution is 0.0987. The molecule has 3 rings (SSSR count). The van der Waals surface area contributed by atoms with E-state index in [-0.39, 0.29) is 11.9 Å². The highest BCUT2D eigenvalue weighted by Gasteiger charge is 2.28. The normalized spacial score (nSPS) is 13.1. The lowest BCUT2D eigenvalue weighted by Crippen LogP contribution is -2.35. The molecule has 2 aromatic rings. The van der Waals surface area contributed by atoms with Gasteiger partial charge in [-0.3, -0.25) is 4.79 Å². The SMILES string of the molecule is CCOC(=O)N1CCc2c(sc(NC(=O)c3ccno3)c2C#N)C1. The van der Waals surface area contributed by atoms with Gasteiger partial charge in [0.05, 0.1) is 24.9 Å². The maximum atomic E-state index is 12.1. The summed E-state index contributed by atoms with van der Waals surface area (Å²) < 4.78 is 9.82. The molecule has 0 bridgehead atoms. The Labute approximate surface area is 141 Å². The van der Waals surface area contributed by atoms with Crippen LogP contribution in [0.5, 0.6) is 0 Å². The van der Waals surface area contributed by atoms with E-state index in [1.165, 1.54) is 23.6 Å². The third-order valence-electron chi connectivity index (χ3n) is 3.58. The molecule has 0 aromatic carbocycles. The molecule has 0 aliphatic carbocycles. The maximum absolute atomic E-state index is 12.1. The molecular weight excluding hydrogens is 332 g/mol. The fourth-order valence-electron chi connectivity index (χ4n) is 2.48. The van der Waals surface area contributed by atoms with Gasteiger partial charge in [-0.25, -0.2) is 4.79 Å². The summed E-state index contributed by atoms with van der Waals surface area (Å²) in [6.07, 6.45) is 1.55. The zero-order chi connectivity index (χ0) is 17.1. The Balaban J connectivity index is 1.82. The molecule has 0 atom stereocenters. The van der Waals surface area contributed by atoms with Crippen LogP contribution in [0.1, 0.15) is 33.5 Å². The third-order valence-corrected chi connectivity index (χ3v) is 4.72. The summed E-state index contributed by atoms with van der Waals surface area (Å²) in [4.78, 5) is 26.4. The summed E-state index contributed by atoms with van der Waals surface area (Å²) in [5.41, 5.74) is 1.31. The van der Waals surface area contributed by atoms with Crippen LogP contribution in [0.4, 0.5) is 9.80 Å².